The molecule has 0 aromatic heterocycles. The maximum Gasteiger partial charge on any atom is 0.321 e. The van der Waals surface area contributed by atoms with Crippen LogP contribution in [0.1, 0.15) is 0 Å². The van der Waals surface area contributed by atoms with Gasteiger partial charge in [0.2, 0.25) is 0 Å². The lowest BCUT2D eigenvalue weighted by Crippen LogP contribution is -2.43. The molecule has 1 unspecified atom stereocenters. The average molecular weight is 297 g/mol. The van der Waals surface area contributed by atoms with Gasteiger partial charge in [-0.15, -0.1) is 0 Å². The van der Waals surface area contributed by atoms with Gasteiger partial charge in [-0.2, -0.15) is 0 Å². The quantitative estimate of drug-likeness (QED) is 0.733. The Bertz CT molecular complexity index is 185. The zero-order valence-electron chi connectivity index (χ0n) is 11.8. The maximum atomic E-state index is 10.2. The average Bonchev–Trinajstić information content (AvgIpc) is 1.96. The summed E-state index contributed by atoms with van der Waals surface area (Å²) < 4.78 is 11.8. The Labute approximate surface area is 106 Å². The zero-order valence-corrected chi connectivity index (χ0v) is 16.1. The van der Waals surface area contributed by atoms with E-state index in [-0.39, 0.29) is 0 Å². The molecule has 3 nitrogen and oxygen atoms in total. The summed E-state index contributed by atoms with van der Waals surface area (Å²) in [7, 11) is -6.01. The zero-order chi connectivity index (χ0) is 13.0. The lowest BCUT2D eigenvalue weighted by atomic mass is 10.9. The number of hydrogen-bond acceptors (Lipinski definition) is 3. The Hall–Kier alpha value is 0.748. The Morgan fingerprint density at radius 2 is 1.31 bits per heavy atom. The highest BCUT2D eigenvalue weighted by Gasteiger charge is 2.33. The highest BCUT2D eigenvalue weighted by atomic mass is 28.4. The third-order valence-corrected chi connectivity index (χ3v) is 13.7. The molecule has 0 radical (unpaired) electrons. The first-order valence-corrected chi connectivity index (χ1v) is 17.4. The van der Waals surface area contributed by atoms with Gasteiger partial charge in [-0.3, -0.25) is 0 Å². The Balaban J connectivity index is 4.11. The molecule has 0 aromatic carbocycles. The second kappa shape index (κ2) is 6.62. The molecule has 1 atom stereocenters. The van der Waals surface area contributed by atoms with Crippen molar-refractivity contribution in [1.82, 2.24) is 0 Å². The molecule has 0 bridgehead atoms. The van der Waals surface area contributed by atoms with Crippen molar-refractivity contribution in [3.05, 3.63) is 0 Å². The van der Waals surface area contributed by atoms with E-state index in [9.17, 15) is 4.80 Å². The van der Waals surface area contributed by atoms with Crippen LogP contribution in [-0.4, -0.2) is 39.8 Å². The van der Waals surface area contributed by atoms with Crippen molar-refractivity contribution >= 4 is 35.0 Å². The molecular weight excluding hydrogens is 268 g/mol. The van der Waals surface area contributed by atoms with Gasteiger partial charge in [-0.05, 0) is 57.9 Å². The standard InChI is InChI=1S/C9H28O3Si4/c1-13(2)11-15(5,6)8-9-16(7,10)12-14(3)4/h10,13-14H,8-9H2,1-7H3. The van der Waals surface area contributed by atoms with Crippen LogP contribution in [0.5, 0.6) is 0 Å². The Kier molecular flexibility index (Phi) is 6.93. The van der Waals surface area contributed by atoms with Crippen LogP contribution in [0.15, 0.2) is 0 Å². The monoisotopic (exact) mass is 296 g/mol. The van der Waals surface area contributed by atoms with Crippen molar-refractivity contribution in [2.45, 2.75) is 57.9 Å². The maximum absolute atomic E-state index is 10.2. The first-order valence-electron chi connectivity index (χ1n) is 6.12. The molecule has 0 spiro atoms. The van der Waals surface area contributed by atoms with Crippen molar-refractivity contribution in [1.29, 1.82) is 0 Å². The van der Waals surface area contributed by atoms with E-state index in [2.05, 4.69) is 39.3 Å². The third kappa shape index (κ3) is 8.85. The van der Waals surface area contributed by atoms with Crippen molar-refractivity contribution in [2.24, 2.45) is 0 Å². The summed E-state index contributed by atoms with van der Waals surface area (Å²) in [4.78, 5) is 10.2. The summed E-state index contributed by atoms with van der Waals surface area (Å²) in [6, 6.07) is 1.86. The minimum atomic E-state index is -2.40. The number of hydrogen-bond donors (Lipinski definition) is 1. The van der Waals surface area contributed by atoms with Crippen LogP contribution in [0.25, 0.3) is 0 Å². The van der Waals surface area contributed by atoms with E-state index in [0.29, 0.717) is 0 Å². The second-order valence-electron chi connectivity index (χ2n) is 5.77. The van der Waals surface area contributed by atoms with Crippen molar-refractivity contribution < 1.29 is 13.0 Å². The summed E-state index contributed by atoms with van der Waals surface area (Å²) in [5.74, 6) is 0. The molecule has 0 saturated heterocycles. The van der Waals surface area contributed by atoms with E-state index >= 15 is 0 Å². The molecule has 0 aliphatic heterocycles. The topological polar surface area (TPSA) is 38.7 Å². The van der Waals surface area contributed by atoms with Crippen LogP contribution in [0.2, 0.25) is 57.9 Å². The molecule has 0 amide bonds. The molecular formula is C9H28O3Si4. The lowest BCUT2D eigenvalue weighted by molar-refractivity contribution is 0.387. The van der Waals surface area contributed by atoms with Crippen LogP contribution in [-0.2, 0) is 8.23 Å². The summed E-state index contributed by atoms with van der Waals surface area (Å²) in [6.45, 7) is 15.1. The summed E-state index contributed by atoms with van der Waals surface area (Å²) in [6.07, 6.45) is 0. The van der Waals surface area contributed by atoms with E-state index in [4.69, 9.17) is 8.23 Å². The molecule has 0 rings (SSSR count). The van der Waals surface area contributed by atoms with Gasteiger partial charge in [-0.1, -0.05) is 0 Å². The van der Waals surface area contributed by atoms with E-state index in [0.717, 1.165) is 12.1 Å². The Morgan fingerprint density at radius 1 is 0.875 bits per heavy atom. The number of rotatable bonds is 7. The largest absolute Gasteiger partial charge is 0.458 e. The van der Waals surface area contributed by atoms with Gasteiger partial charge < -0.3 is 13.0 Å². The SMILES string of the molecule is C[SiH](C)O[Si](C)(C)CC[Si](C)(O)O[SiH](C)C. The highest BCUT2D eigenvalue weighted by molar-refractivity contribution is 6.80. The van der Waals surface area contributed by atoms with Crippen LogP contribution in [0.4, 0.5) is 0 Å². The fraction of sp³-hybridized carbons (Fsp3) is 1.00. The highest BCUT2D eigenvalue weighted by Crippen LogP contribution is 2.21. The molecule has 1 N–H and O–H groups in total. The van der Waals surface area contributed by atoms with Crippen LogP contribution < -0.4 is 0 Å². The summed E-state index contributed by atoms with van der Waals surface area (Å²) >= 11 is 0. The van der Waals surface area contributed by atoms with Crippen molar-refractivity contribution in [3.63, 3.8) is 0 Å². The fourth-order valence-electron chi connectivity index (χ4n) is 1.80. The molecule has 0 heterocycles. The predicted octanol–water partition coefficient (Wildman–Crippen LogP) is 2.26. The minimum Gasteiger partial charge on any atom is -0.458 e. The van der Waals surface area contributed by atoms with E-state index in [1.807, 2.05) is 6.55 Å². The Morgan fingerprint density at radius 3 is 1.69 bits per heavy atom. The smallest absolute Gasteiger partial charge is 0.321 e. The molecule has 0 aliphatic carbocycles. The molecule has 0 aliphatic rings. The van der Waals surface area contributed by atoms with E-state index in [1.54, 1.807) is 0 Å². The van der Waals surface area contributed by atoms with Gasteiger partial charge >= 0.3 is 8.56 Å². The van der Waals surface area contributed by atoms with E-state index in [1.165, 1.54) is 0 Å². The van der Waals surface area contributed by atoms with Crippen LogP contribution >= 0.6 is 0 Å². The molecule has 0 fully saturated rings. The molecule has 98 valence electrons. The van der Waals surface area contributed by atoms with Gasteiger partial charge in [0.1, 0.15) is 0 Å². The third-order valence-electron chi connectivity index (χ3n) is 2.24. The molecule has 7 heteroatoms. The van der Waals surface area contributed by atoms with E-state index < -0.39 is 35.0 Å². The van der Waals surface area contributed by atoms with Gasteiger partial charge in [-0.25, -0.2) is 0 Å². The fourth-order valence-corrected chi connectivity index (χ4v) is 16.2. The minimum absolute atomic E-state index is 0.832. The molecule has 0 saturated carbocycles. The molecule has 0 aromatic rings. The normalized spacial score (nSPS) is 16.9. The van der Waals surface area contributed by atoms with Gasteiger partial charge in [0.25, 0.3) is 0 Å². The van der Waals surface area contributed by atoms with Crippen molar-refractivity contribution in [2.75, 3.05) is 0 Å². The summed E-state index contributed by atoms with van der Waals surface area (Å²) in [5.41, 5.74) is 0. The predicted molar refractivity (Wildman–Crippen MR) is 80.9 cm³/mol. The van der Waals surface area contributed by atoms with Gasteiger partial charge in [0.15, 0.2) is 26.4 Å². The second-order valence-corrected chi connectivity index (χ2v) is 18.7. The first kappa shape index (κ1) is 16.7. The van der Waals surface area contributed by atoms with Crippen molar-refractivity contribution in [3.8, 4) is 0 Å². The first-order chi connectivity index (χ1) is 7.04. The van der Waals surface area contributed by atoms with Crippen LogP contribution in [0, 0.1) is 0 Å². The van der Waals surface area contributed by atoms with Gasteiger partial charge in [0.05, 0.1) is 0 Å². The van der Waals surface area contributed by atoms with Crippen LogP contribution in [0.3, 0.4) is 0 Å². The molecule has 16 heavy (non-hydrogen) atoms. The summed E-state index contributed by atoms with van der Waals surface area (Å²) in [5, 5.41) is 0. The van der Waals surface area contributed by atoms with Gasteiger partial charge in [0, 0.05) is 0 Å². The lowest BCUT2D eigenvalue weighted by Gasteiger charge is -2.30.